The first-order chi connectivity index (χ1) is 21.1. The third kappa shape index (κ3) is 2.64. The van der Waals surface area contributed by atoms with Gasteiger partial charge in [-0.3, -0.25) is 0 Å². The first-order valence-corrected chi connectivity index (χ1v) is 17.3. The summed E-state index contributed by atoms with van der Waals surface area (Å²) in [6, 6.07) is 2.02. The number of nitrogens with one attached hydrogen (secondary N) is 1. The predicted octanol–water partition coefficient (Wildman–Crippen LogP) is 5.66. The van der Waals surface area contributed by atoms with Crippen molar-refractivity contribution in [3.05, 3.63) is 57.8 Å². The van der Waals surface area contributed by atoms with E-state index >= 15 is 0 Å². The molecule has 13 atom stereocenters. The maximum Gasteiger partial charge on any atom is 0.153 e. The summed E-state index contributed by atoms with van der Waals surface area (Å²) in [5.41, 5.74) is 1.86. The highest BCUT2D eigenvalue weighted by molar-refractivity contribution is 6.32. The van der Waals surface area contributed by atoms with Gasteiger partial charge in [0.1, 0.15) is 29.5 Å². The SMILES string of the molecule is C=C(C)[C@H]1O[C@H]2CC[C@@]3(C)[C@@](O)(CC[C@H]4[C@H]5OC(C)(C)[C@H]6C[C@@H]7C(=C)Cc8c(Cl)cc9[nH]c(c5c9c8[C@@]76O)[C@@]43C)[C@]23O[C@@H]3[C@H]1O. The van der Waals surface area contributed by atoms with Gasteiger partial charge in [-0.15, -0.1) is 0 Å². The third-order valence-electron chi connectivity index (χ3n) is 15.2. The second-order valence-corrected chi connectivity index (χ2v) is 17.4. The van der Waals surface area contributed by atoms with Gasteiger partial charge in [0.05, 0.1) is 17.8 Å². The molecule has 0 bridgehead atoms. The molecular weight excluding hydrogens is 590 g/mol. The summed E-state index contributed by atoms with van der Waals surface area (Å²) in [6.07, 6.45) is 1.83. The van der Waals surface area contributed by atoms with E-state index in [1.165, 1.54) is 0 Å². The Morgan fingerprint density at radius 3 is 2.60 bits per heavy atom. The molecule has 1 aromatic heterocycles. The summed E-state index contributed by atoms with van der Waals surface area (Å²) < 4.78 is 20.4. The van der Waals surface area contributed by atoms with Crippen LogP contribution in [0.4, 0.5) is 0 Å². The van der Waals surface area contributed by atoms with Crippen LogP contribution in [-0.4, -0.2) is 61.5 Å². The number of hydrogen-bond donors (Lipinski definition) is 4. The molecule has 4 heterocycles. The van der Waals surface area contributed by atoms with Crippen molar-refractivity contribution < 1.29 is 29.5 Å². The van der Waals surface area contributed by atoms with E-state index in [4.69, 9.17) is 25.8 Å². The molecule has 240 valence electrons. The van der Waals surface area contributed by atoms with Gasteiger partial charge in [-0.2, -0.15) is 0 Å². The number of aromatic nitrogens is 1. The topological polar surface area (TPSA) is 107 Å². The highest BCUT2D eigenvalue weighted by Crippen LogP contribution is 2.78. The smallest absolute Gasteiger partial charge is 0.153 e. The fraction of sp³-hybridized carbons (Fsp3) is 0.676. The molecular formula is C37H44ClNO6. The molecule has 0 unspecified atom stereocenters. The Morgan fingerprint density at radius 1 is 1.11 bits per heavy atom. The van der Waals surface area contributed by atoms with Crippen LogP contribution in [0.5, 0.6) is 0 Å². The third-order valence-corrected chi connectivity index (χ3v) is 15.5. The van der Waals surface area contributed by atoms with Crippen LogP contribution in [0.2, 0.25) is 5.02 Å². The number of ether oxygens (including phenoxy) is 3. The molecule has 8 heteroatoms. The lowest BCUT2D eigenvalue weighted by atomic mass is 9.40. The Bertz CT molecular complexity index is 1800. The number of aliphatic hydroxyl groups is 3. The summed E-state index contributed by atoms with van der Waals surface area (Å²) in [7, 11) is 0. The molecule has 4 N–H and O–H groups in total. The maximum atomic E-state index is 13.2. The van der Waals surface area contributed by atoms with E-state index in [0.29, 0.717) is 24.3 Å². The van der Waals surface area contributed by atoms with Crippen LogP contribution in [0, 0.1) is 23.2 Å². The molecule has 0 amide bonds. The second-order valence-electron chi connectivity index (χ2n) is 17.0. The van der Waals surface area contributed by atoms with Crippen molar-refractivity contribution in [3.63, 3.8) is 0 Å². The molecule has 2 aromatic rings. The van der Waals surface area contributed by atoms with Crippen LogP contribution in [0.15, 0.2) is 30.4 Å². The number of benzene rings is 1. The van der Waals surface area contributed by atoms with Crippen molar-refractivity contribution >= 4 is 22.5 Å². The quantitative estimate of drug-likeness (QED) is 0.238. The van der Waals surface area contributed by atoms with E-state index in [0.717, 1.165) is 63.7 Å². The monoisotopic (exact) mass is 633 g/mol. The molecule has 7 nitrogen and oxygen atoms in total. The first kappa shape index (κ1) is 28.3. The zero-order valence-electron chi connectivity index (χ0n) is 26.8. The molecule has 1 aromatic carbocycles. The predicted molar refractivity (Wildman–Crippen MR) is 169 cm³/mol. The number of hydrogen-bond acceptors (Lipinski definition) is 6. The van der Waals surface area contributed by atoms with E-state index in [1.54, 1.807) is 0 Å². The van der Waals surface area contributed by atoms with E-state index in [-0.39, 0.29) is 30.0 Å². The van der Waals surface area contributed by atoms with Gasteiger partial charge in [0, 0.05) is 55.8 Å². The normalized spacial score (nSPS) is 52.5. The lowest BCUT2D eigenvalue weighted by Crippen LogP contribution is -2.76. The molecule has 5 fully saturated rings. The number of aromatic amines is 1. The largest absolute Gasteiger partial charge is 0.387 e. The zero-order chi connectivity index (χ0) is 31.6. The molecule has 1 spiro atoms. The summed E-state index contributed by atoms with van der Waals surface area (Å²) in [5, 5.41) is 39.1. The fourth-order valence-corrected chi connectivity index (χ4v) is 13.2. The van der Waals surface area contributed by atoms with Gasteiger partial charge in [0.25, 0.3) is 0 Å². The van der Waals surface area contributed by atoms with Crippen LogP contribution >= 0.6 is 11.6 Å². The minimum atomic E-state index is -1.24. The maximum absolute atomic E-state index is 13.2. The molecule has 10 rings (SSSR count). The summed E-state index contributed by atoms with van der Waals surface area (Å²) in [5.74, 6) is -0.0241. The Hall–Kier alpha value is -1.71. The van der Waals surface area contributed by atoms with Crippen molar-refractivity contribution in [2.45, 2.75) is 131 Å². The molecule has 3 aliphatic heterocycles. The van der Waals surface area contributed by atoms with Crippen molar-refractivity contribution in [2.24, 2.45) is 23.2 Å². The average Bonchev–Trinajstić information content (AvgIpc) is 3.55. The summed E-state index contributed by atoms with van der Waals surface area (Å²) in [6.45, 7) is 19.2. The number of aliphatic hydroxyl groups excluding tert-OH is 1. The van der Waals surface area contributed by atoms with Crippen LogP contribution in [0.1, 0.15) is 95.2 Å². The fourth-order valence-electron chi connectivity index (χ4n) is 12.9. The van der Waals surface area contributed by atoms with E-state index in [9.17, 15) is 15.3 Å². The number of rotatable bonds is 1. The van der Waals surface area contributed by atoms with Gasteiger partial charge in [-0.1, -0.05) is 44.2 Å². The molecule has 8 aliphatic rings. The number of halogens is 1. The van der Waals surface area contributed by atoms with Gasteiger partial charge in [0.2, 0.25) is 0 Å². The minimum absolute atomic E-state index is 0.0254. The summed E-state index contributed by atoms with van der Waals surface area (Å²) >= 11 is 7.06. The van der Waals surface area contributed by atoms with Crippen molar-refractivity contribution in [3.8, 4) is 0 Å². The van der Waals surface area contributed by atoms with Crippen molar-refractivity contribution in [1.29, 1.82) is 0 Å². The first-order valence-electron chi connectivity index (χ1n) is 16.9. The van der Waals surface area contributed by atoms with Crippen LogP contribution in [-0.2, 0) is 31.6 Å². The molecule has 45 heavy (non-hydrogen) atoms. The second kappa shape index (κ2) is 7.78. The van der Waals surface area contributed by atoms with Crippen LogP contribution in [0.25, 0.3) is 10.9 Å². The van der Waals surface area contributed by atoms with E-state index in [1.807, 2.05) is 13.0 Å². The lowest BCUT2D eigenvalue weighted by molar-refractivity contribution is -0.281. The number of fused-ring (bicyclic) bond motifs is 5. The standard InChI is InChI=1S/C37H44ClNO6/c1-15(2)28-27(40)31-37(45-31)23(43-28)9-10-33(6)34(7)18(8-11-35(33,37)41)29-25-24-21(39-30(25)34)14-20(38)17-12-16(3)19-13-22(32(4,5)44-29)36(19,42)26(17)24/h14,18-19,22-23,27-29,31,39-42H,1,3,8-13H2,2,4-7H3/t18-,19+,22+,23-,27-,28+,29+,31+,33+,34+,35-,36+,37-/m0/s1. The number of H-pyrrole nitrogens is 1. The minimum Gasteiger partial charge on any atom is -0.387 e. The molecule has 3 saturated carbocycles. The van der Waals surface area contributed by atoms with E-state index < -0.39 is 51.5 Å². The van der Waals surface area contributed by atoms with E-state index in [2.05, 4.69) is 45.8 Å². The van der Waals surface area contributed by atoms with Gasteiger partial charge in [-0.25, -0.2) is 0 Å². The molecule has 2 saturated heterocycles. The highest BCUT2D eigenvalue weighted by Gasteiger charge is 2.87. The Labute approximate surface area is 269 Å². The average molecular weight is 634 g/mol. The Morgan fingerprint density at radius 2 is 1.87 bits per heavy atom. The van der Waals surface area contributed by atoms with Gasteiger partial charge in [-0.05, 0) is 82.1 Å². The van der Waals surface area contributed by atoms with Crippen LogP contribution in [0.3, 0.4) is 0 Å². The molecule has 0 radical (unpaired) electrons. The Balaban J connectivity index is 1.21. The van der Waals surface area contributed by atoms with Crippen molar-refractivity contribution in [1.82, 2.24) is 4.98 Å². The Kier molecular flexibility index (Phi) is 4.89. The van der Waals surface area contributed by atoms with Crippen LogP contribution < -0.4 is 0 Å². The summed E-state index contributed by atoms with van der Waals surface area (Å²) in [4.78, 5) is 3.87. The van der Waals surface area contributed by atoms with Gasteiger partial charge >= 0.3 is 0 Å². The number of epoxide rings is 1. The van der Waals surface area contributed by atoms with Crippen molar-refractivity contribution in [2.75, 3.05) is 0 Å². The zero-order valence-corrected chi connectivity index (χ0v) is 27.6. The van der Waals surface area contributed by atoms with Gasteiger partial charge < -0.3 is 34.5 Å². The van der Waals surface area contributed by atoms with Gasteiger partial charge in [0.15, 0.2) is 5.60 Å². The molecule has 5 aliphatic carbocycles. The highest BCUT2D eigenvalue weighted by atomic mass is 35.5. The lowest BCUT2D eigenvalue weighted by Gasteiger charge is -2.66.